The van der Waals surface area contributed by atoms with Gasteiger partial charge < -0.3 is 10.1 Å². The van der Waals surface area contributed by atoms with Gasteiger partial charge in [0.25, 0.3) is 0 Å². The largest absolute Gasteiger partial charge is 0.380 e. The molecule has 0 amide bonds. The fourth-order valence-electron chi connectivity index (χ4n) is 1.04. The van der Waals surface area contributed by atoms with Gasteiger partial charge in [-0.3, -0.25) is 0 Å². The van der Waals surface area contributed by atoms with Crippen molar-refractivity contribution >= 4 is 21.6 Å². The van der Waals surface area contributed by atoms with Crippen LogP contribution in [0.2, 0.25) is 0 Å². The van der Waals surface area contributed by atoms with Gasteiger partial charge in [-0.2, -0.15) is 0 Å². The van der Waals surface area contributed by atoms with Gasteiger partial charge in [-0.05, 0) is 19.1 Å². The summed E-state index contributed by atoms with van der Waals surface area (Å²) in [6.07, 6.45) is -0.104. The summed E-state index contributed by atoms with van der Waals surface area (Å²) in [5.74, 6) is -1.24. The smallest absolute Gasteiger partial charge is 0.150 e. The molecule has 1 N–H and O–H groups in total. The second-order valence-corrected chi connectivity index (χ2v) is 4.09. The van der Waals surface area contributed by atoms with E-state index in [1.54, 1.807) is 7.11 Å². The van der Waals surface area contributed by atoms with Gasteiger partial charge in [0.15, 0.2) is 0 Å². The lowest BCUT2D eigenvalue weighted by molar-refractivity contribution is 0.128. The number of methoxy groups -OCH3 is 1. The van der Waals surface area contributed by atoms with Gasteiger partial charge in [0.05, 0.1) is 6.10 Å². The van der Waals surface area contributed by atoms with Crippen molar-refractivity contribution in [1.82, 2.24) is 0 Å². The molecule has 0 aliphatic carbocycles. The first kappa shape index (κ1) is 12.4. The van der Waals surface area contributed by atoms with E-state index in [2.05, 4.69) is 21.2 Å². The Balaban J connectivity index is 2.77. The Kier molecular flexibility index (Phi) is 4.47. The zero-order valence-corrected chi connectivity index (χ0v) is 10.1. The van der Waals surface area contributed by atoms with Crippen molar-refractivity contribution in [3.05, 3.63) is 28.2 Å². The third-order valence-electron chi connectivity index (χ3n) is 1.98. The van der Waals surface area contributed by atoms with E-state index in [1.165, 1.54) is 12.1 Å². The number of anilines is 1. The standard InChI is InChI=1S/C10H12BrF2NO/c1-6(15-2)5-14-10-8(12)3-7(11)4-9(10)13/h3-4,6,14H,5H2,1-2H3. The second kappa shape index (κ2) is 5.42. The molecule has 0 heterocycles. The third-order valence-corrected chi connectivity index (χ3v) is 2.43. The number of hydrogen-bond acceptors (Lipinski definition) is 2. The highest BCUT2D eigenvalue weighted by Crippen LogP contribution is 2.23. The Bertz CT molecular complexity index is 323. The predicted octanol–water partition coefficient (Wildman–Crippen LogP) is 3.17. The molecule has 0 aliphatic rings. The van der Waals surface area contributed by atoms with Gasteiger partial charge in [-0.15, -0.1) is 0 Å². The van der Waals surface area contributed by atoms with Crippen LogP contribution in [0.15, 0.2) is 16.6 Å². The van der Waals surface area contributed by atoms with Crippen molar-refractivity contribution in [3.63, 3.8) is 0 Å². The van der Waals surface area contributed by atoms with Gasteiger partial charge in [-0.25, -0.2) is 8.78 Å². The fraction of sp³-hybridized carbons (Fsp3) is 0.400. The highest BCUT2D eigenvalue weighted by atomic mass is 79.9. The molecule has 0 aliphatic heterocycles. The zero-order chi connectivity index (χ0) is 11.4. The van der Waals surface area contributed by atoms with Crippen molar-refractivity contribution in [1.29, 1.82) is 0 Å². The molecule has 0 bridgehead atoms. The monoisotopic (exact) mass is 279 g/mol. The van der Waals surface area contributed by atoms with E-state index in [0.29, 0.717) is 11.0 Å². The maximum absolute atomic E-state index is 13.3. The molecule has 84 valence electrons. The molecule has 0 saturated heterocycles. The topological polar surface area (TPSA) is 21.3 Å². The van der Waals surface area contributed by atoms with E-state index in [0.717, 1.165) is 0 Å². The predicted molar refractivity (Wildman–Crippen MR) is 59.0 cm³/mol. The van der Waals surface area contributed by atoms with Crippen LogP contribution in [0.5, 0.6) is 0 Å². The average molecular weight is 280 g/mol. The average Bonchev–Trinajstić information content (AvgIpc) is 2.15. The first-order chi connectivity index (χ1) is 7.04. The maximum atomic E-state index is 13.3. The molecule has 0 radical (unpaired) electrons. The van der Waals surface area contributed by atoms with Gasteiger partial charge in [0, 0.05) is 18.1 Å². The van der Waals surface area contributed by atoms with E-state index in [1.807, 2.05) is 6.92 Å². The number of halogens is 3. The molecule has 1 aromatic carbocycles. The van der Waals surface area contributed by atoms with Gasteiger partial charge in [-0.1, -0.05) is 15.9 Å². The lowest BCUT2D eigenvalue weighted by Gasteiger charge is -2.13. The van der Waals surface area contributed by atoms with Crippen LogP contribution in [-0.4, -0.2) is 19.8 Å². The van der Waals surface area contributed by atoms with E-state index >= 15 is 0 Å². The Labute approximate surface area is 95.8 Å². The summed E-state index contributed by atoms with van der Waals surface area (Å²) in [7, 11) is 1.54. The van der Waals surface area contributed by atoms with Crippen LogP contribution in [0.1, 0.15) is 6.92 Å². The summed E-state index contributed by atoms with van der Waals surface area (Å²) in [5.41, 5.74) is -0.123. The van der Waals surface area contributed by atoms with E-state index in [-0.39, 0.29) is 11.8 Å². The summed E-state index contributed by atoms with van der Waals surface area (Å²) < 4.78 is 31.9. The van der Waals surface area contributed by atoms with Crippen molar-refractivity contribution in [3.8, 4) is 0 Å². The number of benzene rings is 1. The highest BCUT2D eigenvalue weighted by Gasteiger charge is 2.10. The highest BCUT2D eigenvalue weighted by molar-refractivity contribution is 9.10. The molecule has 0 aromatic heterocycles. The van der Waals surface area contributed by atoms with Crippen LogP contribution in [-0.2, 0) is 4.74 Å². The zero-order valence-electron chi connectivity index (χ0n) is 8.48. The Morgan fingerprint density at radius 2 is 1.93 bits per heavy atom. The lowest BCUT2D eigenvalue weighted by Crippen LogP contribution is -2.19. The minimum atomic E-state index is -0.620. The third kappa shape index (κ3) is 3.43. The molecule has 0 saturated carbocycles. The minimum Gasteiger partial charge on any atom is -0.380 e. The lowest BCUT2D eigenvalue weighted by atomic mass is 10.2. The molecule has 1 atom stereocenters. The Hall–Kier alpha value is -0.680. The molecule has 15 heavy (non-hydrogen) atoms. The van der Waals surface area contributed by atoms with Crippen LogP contribution >= 0.6 is 15.9 Å². The van der Waals surface area contributed by atoms with Gasteiger partial charge >= 0.3 is 0 Å². The molecule has 1 aromatic rings. The molecule has 1 unspecified atom stereocenters. The van der Waals surface area contributed by atoms with Crippen molar-refractivity contribution in [2.45, 2.75) is 13.0 Å². The van der Waals surface area contributed by atoms with E-state index < -0.39 is 11.6 Å². The molecular weight excluding hydrogens is 268 g/mol. The van der Waals surface area contributed by atoms with Crippen LogP contribution in [0.4, 0.5) is 14.5 Å². The fourth-order valence-corrected chi connectivity index (χ4v) is 1.44. The summed E-state index contributed by atoms with van der Waals surface area (Å²) in [4.78, 5) is 0. The quantitative estimate of drug-likeness (QED) is 0.914. The summed E-state index contributed by atoms with van der Waals surface area (Å²) >= 11 is 3.01. The van der Waals surface area contributed by atoms with Crippen molar-refractivity contribution in [2.24, 2.45) is 0 Å². The maximum Gasteiger partial charge on any atom is 0.150 e. The molecule has 0 spiro atoms. The van der Waals surface area contributed by atoms with Crippen molar-refractivity contribution < 1.29 is 13.5 Å². The summed E-state index contributed by atoms with van der Waals surface area (Å²) in [6, 6.07) is 2.42. The molecule has 1 rings (SSSR count). The molecule has 5 heteroatoms. The van der Waals surface area contributed by atoms with Crippen molar-refractivity contribution in [2.75, 3.05) is 19.0 Å². The van der Waals surface area contributed by atoms with Crippen LogP contribution < -0.4 is 5.32 Å². The van der Waals surface area contributed by atoms with Gasteiger partial charge in [0.1, 0.15) is 17.3 Å². The Morgan fingerprint density at radius 3 is 2.40 bits per heavy atom. The summed E-state index contributed by atoms with van der Waals surface area (Å²) in [6.45, 7) is 2.16. The van der Waals surface area contributed by atoms with Crippen LogP contribution in [0.25, 0.3) is 0 Å². The number of nitrogens with one attached hydrogen (secondary N) is 1. The van der Waals surface area contributed by atoms with E-state index in [4.69, 9.17) is 4.74 Å². The minimum absolute atomic E-state index is 0.104. The first-order valence-corrected chi connectivity index (χ1v) is 5.25. The SMILES string of the molecule is COC(C)CNc1c(F)cc(Br)cc1F. The Morgan fingerprint density at radius 1 is 1.40 bits per heavy atom. The van der Waals surface area contributed by atoms with E-state index in [9.17, 15) is 8.78 Å². The molecule has 2 nitrogen and oxygen atoms in total. The number of ether oxygens (including phenoxy) is 1. The van der Waals surface area contributed by atoms with Crippen LogP contribution in [0, 0.1) is 11.6 Å². The molecule has 0 fully saturated rings. The number of hydrogen-bond donors (Lipinski definition) is 1. The molecular formula is C10H12BrF2NO. The second-order valence-electron chi connectivity index (χ2n) is 3.17. The summed E-state index contributed by atoms with van der Waals surface area (Å²) in [5, 5.41) is 2.66. The number of rotatable bonds is 4. The first-order valence-electron chi connectivity index (χ1n) is 4.45. The van der Waals surface area contributed by atoms with Gasteiger partial charge in [0.2, 0.25) is 0 Å². The normalized spacial score (nSPS) is 12.6. The van der Waals surface area contributed by atoms with Crippen LogP contribution in [0.3, 0.4) is 0 Å².